The fourth-order valence-electron chi connectivity index (χ4n) is 3.01. The van der Waals surface area contributed by atoms with Crippen LogP contribution in [0.1, 0.15) is 45.4 Å². The Morgan fingerprint density at radius 3 is 2.62 bits per heavy atom. The summed E-state index contributed by atoms with van der Waals surface area (Å²) in [6, 6.07) is 0.805. The largest absolute Gasteiger partial charge is 0.481 e. The average Bonchev–Trinajstić information content (AvgIpc) is 3.28. The number of carbonyl (C=O) groups is 2. The predicted octanol–water partition coefficient (Wildman–Crippen LogP) is 1.41. The lowest BCUT2D eigenvalue weighted by Gasteiger charge is -2.28. The third kappa shape index (κ3) is 4.88. The van der Waals surface area contributed by atoms with Gasteiger partial charge in [-0.05, 0) is 46.1 Å². The van der Waals surface area contributed by atoms with E-state index in [1.54, 1.807) is 0 Å². The number of hydrogen-bond donors (Lipinski definition) is 3. The maximum Gasteiger partial charge on any atom is 0.315 e. The molecule has 2 aliphatic rings. The van der Waals surface area contributed by atoms with Crippen molar-refractivity contribution in [2.75, 3.05) is 13.6 Å². The topological polar surface area (TPSA) is 81.7 Å². The highest BCUT2D eigenvalue weighted by molar-refractivity contribution is 5.74. The van der Waals surface area contributed by atoms with Gasteiger partial charge in [0.25, 0.3) is 0 Å². The van der Waals surface area contributed by atoms with Gasteiger partial charge in [-0.3, -0.25) is 9.69 Å². The minimum Gasteiger partial charge on any atom is -0.481 e. The fourth-order valence-corrected chi connectivity index (χ4v) is 3.01. The van der Waals surface area contributed by atoms with Gasteiger partial charge < -0.3 is 15.7 Å². The molecule has 6 heteroatoms. The number of hydrogen-bond acceptors (Lipinski definition) is 3. The van der Waals surface area contributed by atoms with Gasteiger partial charge in [0.2, 0.25) is 0 Å². The zero-order valence-electron chi connectivity index (χ0n) is 13.0. The van der Waals surface area contributed by atoms with Gasteiger partial charge in [0.15, 0.2) is 0 Å². The van der Waals surface area contributed by atoms with Gasteiger partial charge in [0, 0.05) is 24.7 Å². The molecule has 0 aliphatic heterocycles. The maximum absolute atomic E-state index is 11.9. The summed E-state index contributed by atoms with van der Waals surface area (Å²) in [5.74, 6) is -1.06. The molecular formula is C15H27N3O3. The van der Waals surface area contributed by atoms with Crippen LogP contribution in [-0.4, -0.2) is 53.7 Å². The lowest BCUT2D eigenvalue weighted by molar-refractivity contribution is -0.143. The van der Waals surface area contributed by atoms with Crippen LogP contribution in [0.3, 0.4) is 0 Å². The van der Waals surface area contributed by atoms with Crippen LogP contribution in [0.2, 0.25) is 0 Å². The third-order valence-electron chi connectivity index (χ3n) is 4.73. The zero-order chi connectivity index (χ0) is 15.4. The molecule has 0 aromatic carbocycles. The summed E-state index contributed by atoms with van der Waals surface area (Å²) >= 11 is 0. The number of nitrogens with zero attached hydrogens (tertiary/aromatic N) is 1. The van der Waals surface area contributed by atoms with E-state index in [1.165, 1.54) is 12.8 Å². The van der Waals surface area contributed by atoms with Crippen LogP contribution < -0.4 is 10.6 Å². The molecule has 0 spiro atoms. The van der Waals surface area contributed by atoms with Crippen molar-refractivity contribution >= 4 is 12.0 Å². The molecule has 3 unspecified atom stereocenters. The Balaban J connectivity index is 1.67. The van der Waals surface area contributed by atoms with Crippen LogP contribution in [0.15, 0.2) is 0 Å². The number of aliphatic carboxylic acids is 1. The second-order valence-corrected chi connectivity index (χ2v) is 6.50. The predicted molar refractivity (Wildman–Crippen MR) is 80.2 cm³/mol. The van der Waals surface area contributed by atoms with Crippen LogP contribution in [0.4, 0.5) is 4.79 Å². The van der Waals surface area contributed by atoms with Crippen molar-refractivity contribution in [3.63, 3.8) is 0 Å². The number of carbonyl (C=O) groups excluding carboxylic acids is 1. The van der Waals surface area contributed by atoms with Crippen LogP contribution in [0.25, 0.3) is 0 Å². The van der Waals surface area contributed by atoms with E-state index in [2.05, 4.69) is 29.5 Å². The molecule has 6 nitrogen and oxygen atoms in total. The Bertz CT molecular complexity index is 384. The maximum atomic E-state index is 11.9. The molecule has 0 bridgehead atoms. The molecule has 3 N–H and O–H groups in total. The van der Waals surface area contributed by atoms with Gasteiger partial charge in [-0.2, -0.15) is 0 Å². The first-order valence-corrected chi connectivity index (χ1v) is 7.96. The Hall–Kier alpha value is -1.30. The summed E-state index contributed by atoms with van der Waals surface area (Å²) in [6.45, 7) is 2.73. The minimum atomic E-state index is -0.749. The van der Waals surface area contributed by atoms with Crippen molar-refractivity contribution in [1.82, 2.24) is 15.5 Å². The Kier molecular flexibility index (Phi) is 5.45. The normalized spacial score (nSPS) is 27.2. The molecule has 0 aromatic heterocycles. The summed E-state index contributed by atoms with van der Waals surface area (Å²) in [5.41, 5.74) is 0. The molecule has 2 fully saturated rings. The number of carboxylic acid groups (broad SMARTS) is 1. The van der Waals surface area contributed by atoms with E-state index in [0.29, 0.717) is 25.0 Å². The molecule has 2 aliphatic carbocycles. The molecule has 2 rings (SSSR count). The Morgan fingerprint density at radius 2 is 2.00 bits per heavy atom. The Labute approximate surface area is 126 Å². The van der Waals surface area contributed by atoms with E-state index in [1.807, 2.05) is 0 Å². The summed E-state index contributed by atoms with van der Waals surface area (Å²) < 4.78 is 0. The van der Waals surface area contributed by atoms with Gasteiger partial charge in [-0.1, -0.05) is 6.42 Å². The number of nitrogens with one attached hydrogen (secondary N) is 2. The van der Waals surface area contributed by atoms with Gasteiger partial charge in [0.05, 0.1) is 5.92 Å². The molecule has 2 amide bonds. The molecule has 21 heavy (non-hydrogen) atoms. The van der Waals surface area contributed by atoms with Crippen molar-refractivity contribution in [3.8, 4) is 0 Å². The number of amides is 2. The molecule has 0 saturated heterocycles. The monoisotopic (exact) mass is 297 g/mol. The van der Waals surface area contributed by atoms with E-state index in [9.17, 15) is 9.59 Å². The molecule has 0 radical (unpaired) electrons. The summed E-state index contributed by atoms with van der Waals surface area (Å²) in [4.78, 5) is 25.2. The van der Waals surface area contributed by atoms with E-state index >= 15 is 0 Å². The summed E-state index contributed by atoms with van der Waals surface area (Å²) in [7, 11) is 2.10. The smallest absolute Gasteiger partial charge is 0.315 e. The quantitative estimate of drug-likeness (QED) is 0.692. The number of rotatable bonds is 6. The molecule has 120 valence electrons. The first kappa shape index (κ1) is 16.1. The van der Waals surface area contributed by atoms with E-state index in [0.717, 1.165) is 19.3 Å². The highest BCUT2D eigenvalue weighted by Gasteiger charge is 2.30. The molecule has 3 atom stereocenters. The lowest BCUT2D eigenvalue weighted by atomic mass is 9.86. The fraction of sp³-hybridized carbons (Fsp3) is 0.867. The van der Waals surface area contributed by atoms with E-state index < -0.39 is 5.97 Å². The number of urea groups is 1. The first-order chi connectivity index (χ1) is 9.97. The van der Waals surface area contributed by atoms with Crippen LogP contribution in [0.5, 0.6) is 0 Å². The van der Waals surface area contributed by atoms with Crippen molar-refractivity contribution in [3.05, 3.63) is 0 Å². The second-order valence-electron chi connectivity index (χ2n) is 6.50. The van der Waals surface area contributed by atoms with E-state index in [4.69, 9.17) is 5.11 Å². The van der Waals surface area contributed by atoms with E-state index in [-0.39, 0.29) is 18.0 Å². The third-order valence-corrected chi connectivity index (χ3v) is 4.73. The highest BCUT2D eigenvalue weighted by Crippen LogP contribution is 2.26. The van der Waals surface area contributed by atoms with Crippen LogP contribution >= 0.6 is 0 Å². The summed E-state index contributed by atoms with van der Waals surface area (Å²) in [6.07, 6.45) is 5.51. The van der Waals surface area contributed by atoms with Crippen molar-refractivity contribution in [1.29, 1.82) is 0 Å². The van der Waals surface area contributed by atoms with Crippen molar-refractivity contribution in [2.24, 2.45) is 5.92 Å². The minimum absolute atomic E-state index is 0.0173. The van der Waals surface area contributed by atoms with Crippen molar-refractivity contribution < 1.29 is 14.7 Å². The molecule has 2 saturated carbocycles. The average molecular weight is 297 g/mol. The molecule has 0 heterocycles. The number of carboxylic acids is 1. The molecule has 0 aromatic rings. The lowest BCUT2D eigenvalue weighted by Crippen LogP contribution is -2.48. The SMILES string of the molecule is CC(CNC(=O)NC1CCCC(C(=O)O)C1)N(C)C1CC1. The molecular weight excluding hydrogens is 270 g/mol. The highest BCUT2D eigenvalue weighted by atomic mass is 16.4. The van der Waals surface area contributed by atoms with Crippen LogP contribution in [-0.2, 0) is 4.79 Å². The van der Waals surface area contributed by atoms with Gasteiger partial charge in [-0.25, -0.2) is 4.79 Å². The number of likely N-dealkylation sites (N-methyl/N-ethyl adjacent to an activating group) is 1. The standard InChI is InChI=1S/C15H27N3O3/c1-10(18(2)13-6-7-13)9-16-15(21)17-12-5-3-4-11(8-12)14(19)20/h10-13H,3-9H2,1-2H3,(H,19,20)(H2,16,17,21). The second kappa shape index (κ2) is 7.11. The van der Waals surface area contributed by atoms with Crippen LogP contribution in [0, 0.1) is 5.92 Å². The van der Waals surface area contributed by atoms with Gasteiger partial charge >= 0.3 is 12.0 Å². The first-order valence-electron chi connectivity index (χ1n) is 7.96. The van der Waals surface area contributed by atoms with Gasteiger partial charge in [0.1, 0.15) is 0 Å². The van der Waals surface area contributed by atoms with Crippen molar-refractivity contribution in [2.45, 2.75) is 63.6 Å². The zero-order valence-corrected chi connectivity index (χ0v) is 13.0. The summed E-state index contributed by atoms with van der Waals surface area (Å²) in [5, 5.41) is 14.9. The van der Waals surface area contributed by atoms with Gasteiger partial charge in [-0.15, -0.1) is 0 Å². The Morgan fingerprint density at radius 1 is 1.29 bits per heavy atom.